The second-order valence-corrected chi connectivity index (χ2v) is 8.44. The molecule has 1 aliphatic rings. The Morgan fingerprint density at radius 2 is 1.95 bits per heavy atom. The van der Waals surface area contributed by atoms with Crippen molar-refractivity contribution in [2.24, 2.45) is 11.3 Å². The molecule has 112 valence electrons. The lowest BCUT2D eigenvalue weighted by Gasteiger charge is -2.31. The van der Waals surface area contributed by atoms with Crippen LogP contribution >= 0.6 is 0 Å². The SMILES string of the molecule is CC(C)(C)C(CCC(=O)O)CCN1CCCS1(=O)=O. The summed E-state index contributed by atoms with van der Waals surface area (Å²) in [6.07, 6.45) is 2.19. The lowest BCUT2D eigenvalue weighted by Crippen LogP contribution is -2.31. The van der Waals surface area contributed by atoms with E-state index in [1.165, 1.54) is 0 Å². The molecule has 1 fully saturated rings. The van der Waals surface area contributed by atoms with Crippen LogP contribution in [0.2, 0.25) is 0 Å². The van der Waals surface area contributed by atoms with Gasteiger partial charge >= 0.3 is 5.97 Å². The number of carboxylic acids is 1. The van der Waals surface area contributed by atoms with Crippen molar-refractivity contribution >= 4 is 16.0 Å². The van der Waals surface area contributed by atoms with Crippen LogP contribution in [-0.2, 0) is 14.8 Å². The minimum atomic E-state index is -3.04. The van der Waals surface area contributed by atoms with Gasteiger partial charge in [0.1, 0.15) is 0 Å². The molecule has 0 spiro atoms. The highest BCUT2D eigenvalue weighted by atomic mass is 32.2. The molecule has 6 heteroatoms. The van der Waals surface area contributed by atoms with Crippen molar-refractivity contribution in [2.45, 2.75) is 46.5 Å². The van der Waals surface area contributed by atoms with Gasteiger partial charge in [-0.2, -0.15) is 0 Å². The molecule has 1 aliphatic heterocycles. The largest absolute Gasteiger partial charge is 0.481 e. The molecule has 0 aromatic carbocycles. The first-order valence-corrected chi connectivity index (χ1v) is 8.43. The molecule has 1 saturated heterocycles. The summed E-state index contributed by atoms with van der Waals surface area (Å²) in [5, 5.41) is 8.78. The highest BCUT2D eigenvalue weighted by molar-refractivity contribution is 7.89. The first-order chi connectivity index (χ1) is 8.63. The maximum Gasteiger partial charge on any atom is 0.303 e. The summed E-state index contributed by atoms with van der Waals surface area (Å²) in [6.45, 7) is 7.37. The minimum Gasteiger partial charge on any atom is -0.481 e. The van der Waals surface area contributed by atoms with Crippen molar-refractivity contribution in [3.63, 3.8) is 0 Å². The lowest BCUT2D eigenvalue weighted by molar-refractivity contribution is -0.137. The Labute approximate surface area is 116 Å². The van der Waals surface area contributed by atoms with Crippen molar-refractivity contribution in [3.8, 4) is 0 Å². The summed E-state index contributed by atoms with van der Waals surface area (Å²) in [6, 6.07) is 0. The van der Waals surface area contributed by atoms with E-state index in [9.17, 15) is 13.2 Å². The van der Waals surface area contributed by atoms with E-state index in [1.54, 1.807) is 4.31 Å². The molecule has 1 rings (SSSR count). The zero-order valence-electron chi connectivity index (χ0n) is 12.1. The third-order valence-corrected chi connectivity index (χ3v) is 5.82. The molecule has 0 saturated carbocycles. The fourth-order valence-corrected chi connectivity index (χ4v) is 4.09. The first-order valence-electron chi connectivity index (χ1n) is 6.82. The van der Waals surface area contributed by atoms with Crippen molar-refractivity contribution in [1.82, 2.24) is 4.31 Å². The van der Waals surface area contributed by atoms with Crippen LogP contribution in [0.4, 0.5) is 0 Å². The van der Waals surface area contributed by atoms with E-state index >= 15 is 0 Å². The number of carboxylic acid groups (broad SMARTS) is 1. The van der Waals surface area contributed by atoms with Crippen molar-refractivity contribution in [2.75, 3.05) is 18.8 Å². The fourth-order valence-electron chi connectivity index (χ4n) is 2.55. The molecule has 1 atom stereocenters. The van der Waals surface area contributed by atoms with Crippen LogP contribution in [0.15, 0.2) is 0 Å². The monoisotopic (exact) mass is 291 g/mol. The number of sulfonamides is 1. The van der Waals surface area contributed by atoms with Gasteiger partial charge in [0.05, 0.1) is 5.75 Å². The highest BCUT2D eigenvalue weighted by Gasteiger charge is 2.31. The second kappa shape index (κ2) is 6.22. The van der Waals surface area contributed by atoms with E-state index in [-0.39, 0.29) is 23.5 Å². The molecule has 1 unspecified atom stereocenters. The van der Waals surface area contributed by atoms with Gasteiger partial charge in [0.2, 0.25) is 10.0 Å². The van der Waals surface area contributed by atoms with E-state index in [1.807, 2.05) is 0 Å². The average molecular weight is 291 g/mol. The number of rotatable bonds is 6. The maximum atomic E-state index is 11.7. The summed E-state index contributed by atoms with van der Waals surface area (Å²) in [5.41, 5.74) is -0.00106. The molecule has 0 bridgehead atoms. The van der Waals surface area contributed by atoms with Crippen LogP contribution in [0.25, 0.3) is 0 Å². The number of aliphatic carboxylic acids is 1. The molecule has 0 aromatic rings. The lowest BCUT2D eigenvalue weighted by atomic mass is 9.76. The Balaban J connectivity index is 2.56. The van der Waals surface area contributed by atoms with Crippen LogP contribution in [-0.4, -0.2) is 42.6 Å². The molecule has 1 N–H and O–H groups in total. The molecular weight excluding hydrogens is 266 g/mol. The van der Waals surface area contributed by atoms with E-state index in [0.29, 0.717) is 25.9 Å². The summed E-state index contributed by atoms with van der Waals surface area (Å²) in [7, 11) is -3.04. The predicted molar refractivity (Wildman–Crippen MR) is 74.4 cm³/mol. The molecule has 0 amide bonds. The van der Waals surface area contributed by atoms with Crippen molar-refractivity contribution < 1.29 is 18.3 Å². The van der Waals surface area contributed by atoms with Crippen molar-refractivity contribution in [3.05, 3.63) is 0 Å². The number of nitrogens with zero attached hydrogens (tertiary/aromatic N) is 1. The highest BCUT2D eigenvalue weighted by Crippen LogP contribution is 2.33. The van der Waals surface area contributed by atoms with Crippen molar-refractivity contribution in [1.29, 1.82) is 0 Å². The Morgan fingerprint density at radius 3 is 2.37 bits per heavy atom. The molecule has 19 heavy (non-hydrogen) atoms. The number of hydrogen-bond donors (Lipinski definition) is 1. The van der Waals surface area contributed by atoms with Crippen LogP contribution < -0.4 is 0 Å². The van der Waals surface area contributed by atoms with Crippen LogP contribution in [0, 0.1) is 11.3 Å². The van der Waals surface area contributed by atoms with E-state index in [2.05, 4.69) is 20.8 Å². The Bertz CT molecular complexity index is 411. The van der Waals surface area contributed by atoms with Gasteiger partial charge in [-0.05, 0) is 30.6 Å². The van der Waals surface area contributed by atoms with Gasteiger partial charge in [0, 0.05) is 19.5 Å². The Morgan fingerprint density at radius 1 is 1.32 bits per heavy atom. The zero-order chi connectivity index (χ0) is 14.7. The molecule has 1 heterocycles. The fraction of sp³-hybridized carbons (Fsp3) is 0.923. The minimum absolute atomic E-state index is 0.00106. The van der Waals surface area contributed by atoms with Gasteiger partial charge in [-0.3, -0.25) is 4.79 Å². The predicted octanol–water partition coefficient (Wildman–Crippen LogP) is 1.94. The maximum absolute atomic E-state index is 11.7. The van der Waals surface area contributed by atoms with Gasteiger partial charge in [0.25, 0.3) is 0 Å². The normalized spacial score (nSPS) is 21.4. The molecule has 0 radical (unpaired) electrons. The molecular formula is C13H25NO4S. The average Bonchev–Trinajstić information content (AvgIpc) is 2.55. The van der Waals surface area contributed by atoms with E-state index in [0.717, 1.165) is 6.42 Å². The summed E-state index contributed by atoms with van der Waals surface area (Å²) < 4.78 is 25.0. The summed E-state index contributed by atoms with van der Waals surface area (Å²) >= 11 is 0. The summed E-state index contributed by atoms with van der Waals surface area (Å²) in [5.74, 6) is -0.315. The van der Waals surface area contributed by atoms with Gasteiger partial charge in [0.15, 0.2) is 0 Å². The van der Waals surface area contributed by atoms with Gasteiger partial charge in [-0.1, -0.05) is 20.8 Å². The van der Waals surface area contributed by atoms with Gasteiger partial charge in [-0.15, -0.1) is 0 Å². The third-order valence-electron chi connectivity index (χ3n) is 3.86. The number of hydrogen-bond acceptors (Lipinski definition) is 3. The quantitative estimate of drug-likeness (QED) is 0.811. The second-order valence-electron chi connectivity index (χ2n) is 6.35. The Hall–Kier alpha value is -0.620. The van der Waals surface area contributed by atoms with Gasteiger partial charge < -0.3 is 5.11 Å². The van der Waals surface area contributed by atoms with E-state index in [4.69, 9.17) is 5.11 Å². The van der Waals surface area contributed by atoms with Crippen LogP contribution in [0.5, 0.6) is 0 Å². The number of carbonyl (C=O) groups is 1. The van der Waals surface area contributed by atoms with Crippen LogP contribution in [0.1, 0.15) is 46.5 Å². The summed E-state index contributed by atoms with van der Waals surface area (Å²) in [4.78, 5) is 10.7. The topological polar surface area (TPSA) is 74.7 Å². The standard InChI is InChI=1S/C13H25NO4S/c1-13(2,3)11(5-6-12(15)16)7-9-14-8-4-10-19(14,17)18/h11H,4-10H2,1-3H3,(H,15,16). The van der Waals surface area contributed by atoms with E-state index < -0.39 is 16.0 Å². The zero-order valence-corrected chi connectivity index (χ0v) is 12.9. The smallest absolute Gasteiger partial charge is 0.303 e. The first kappa shape index (κ1) is 16.4. The Kier molecular flexibility index (Phi) is 5.38. The molecule has 0 aromatic heterocycles. The van der Waals surface area contributed by atoms with Gasteiger partial charge in [-0.25, -0.2) is 12.7 Å². The molecule has 5 nitrogen and oxygen atoms in total. The third kappa shape index (κ3) is 5.10. The molecule has 0 aliphatic carbocycles. The van der Waals surface area contributed by atoms with Crippen LogP contribution in [0.3, 0.4) is 0 Å².